The van der Waals surface area contributed by atoms with Crippen LogP contribution in [-0.4, -0.2) is 96.7 Å². The van der Waals surface area contributed by atoms with Gasteiger partial charge in [0.05, 0.1) is 62.4 Å². The van der Waals surface area contributed by atoms with Gasteiger partial charge in [0.2, 0.25) is 0 Å². The van der Waals surface area contributed by atoms with E-state index < -0.39 is 0 Å². The van der Waals surface area contributed by atoms with E-state index >= 15 is 0 Å². The molecule has 4 aromatic rings. The fraction of sp³-hybridized carbons (Fsp3) is 0.474. The van der Waals surface area contributed by atoms with Crippen LogP contribution in [0.2, 0.25) is 0 Å². The smallest absolute Gasteiger partial charge is 0.181 e. The van der Waals surface area contributed by atoms with Crippen molar-refractivity contribution in [2.24, 2.45) is 0 Å². The number of fused-ring (bicyclic) bond motifs is 6. The Morgan fingerprint density at radius 3 is 1.43 bits per heavy atom. The van der Waals surface area contributed by atoms with Crippen molar-refractivity contribution in [2.75, 3.05) is 79.3 Å². The summed E-state index contributed by atoms with van der Waals surface area (Å²) in [6, 6.07) is 0. The first-order valence-corrected chi connectivity index (χ1v) is 23.6. The number of hydrogen-bond donors (Lipinski definition) is 0. The van der Waals surface area contributed by atoms with Gasteiger partial charge in [0.1, 0.15) is 89.8 Å². The van der Waals surface area contributed by atoms with Gasteiger partial charge < -0.3 is 56.8 Å². The summed E-state index contributed by atoms with van der Waals surface area (Å²) >= 11 is 10.1. The summed E-state index contributed by atoms with van der Waals surface area (Å²) in [4.78, 5) is 9.93. The molecule has 4 aromatic heterocycles. The molecule has 294 valence electrons. The van der Waals surface area contributed by atoms with E-state index in [4.69, 9.17) is 56.8 Å². The lowest BCUT2D eigenvalue weighted by atomic mass is 10.1. The third-order valence-corrected chi connectivity index (χ3v) is 18.4. The second-order valence-electron chi connectivity index (χ2n) is 13.8. The highest BCUT2D eigenvalue weighted by Crippen LogP contribution is 2.68. The molecule has 8 aliphatic rings. The van der Waals surface area contributed by atoms with Gasteiger partial charge >= 0.3 is 0 Å². The number of thioether (sulfide) groups is 2. The van der Waals surface area contributed by atoms with Crippen molar-refractivity contribution in [3.8, 4) is 65.5 Å². The molecule has 0 spiro atoms. The standard InChI is InChI=1S/C38H34O12S6/c1-15-17-19(41-5-3-39-17)29(51-15)31-21-23(45-9-7-43-21)33(53-31)35-25-27(49-13-11-47-25)37(55-35)38-28-26(48-12-14-50-28)36(56-38)34-24-22(44-8-10-46-24)32(54-34)30-20-18(16(2)52-30)40-4-6-42-20/h15,17,24,34H,3-14H2,1-2H3. The van der Waals surface area contributed by atoms with E-state index in [1.807, 2.05) is 0 Å². The van der Waals surface area contributed by atoms with Gasteiger partial charge in [0, 0.05) is 10.1 Å². The Bertz CT molecular complexity index is 2330. The number of hydrogen-bond acceptors (Lipinski definition) is 18. The largest absolute Gasteiger partial charge is 0.491 e. The van der Waals surface area contributed by atoms with Crippen LogP contribution in [0.5, 0.6) is 46.0 Å². The Hall–Kier alpha value is -3.10. The molecule has 0 radical (unpaired) electrons. The molecule has 0 N–H and O–H groups in total. The predicted octanol–water partition coefficient (Wildman–Crippen LogP) is 8.45. The van der Waals surface area contributed by atoms with Crippen LogP contribution >= 0.6 is 68.9 Å². The molecule has 8 aliphatic heterocycles. The molecule has 0 amide bonds. The van der Waals surface area contributed by atoms with Gasteiger partial charge in [-0.2, -0.15) is 0 Å². The average Bonchev–Trinajstić information content (AvgIpc) is 4.10. The zero-order valence-electron chi connectivity index (χ0n) is 30.1. The van der Waals surface area contributed by atoms with Crippen molar-refractivity contribution >= 4 is 78.7 Å². The molecule has 2 saturated heterocycles. The summed E-state index contributed by atoms with van der Waals surface area (Å²) in [6.45, 7) is 10.1. The average molecular weight is 875 g/mol. The number of aryl methyl sites for hydroxylation is 1. The van der Waals surface area contributed by atoms with Crippen LogP contribution in [-0.2, 0) is 18.9 Å². The number of thiophene rings is 4. The second kappa shape index (κ2) is 13.7. The van der Waals surface area contributed by atoms with E-state index in [1.165, 1.54) is 0 Å². The van der Waals surface area contributed by atoms with Gasteiger partial charge in [-0.3, -0.25) is 0 Å². The Balaban J connectivity index is 0.972. The summed E-state index contributed by atoms with van der Waals surface area (Å²) in [5, 5.41) is 0.0795. The molecule has 0 aliphatic carbocycles. The van der Waals surface area contributed by atoms with E-state index in [1.54, 1.807) is 68.9 Å². The van der Waals surface area contributed by atoms with E-state index in [2.05, 4.69) is 13.8 Å². The molecule has 4 unspecified atom stereocenters. The summed E-state index contributed by atoms with van der Waals surface area (Å²) in [6.07, 6.45) is -0.389. The van der Waals surface area contributed by atoms with Crippen molar-refractivity contribution in [3.63, 3.8) is 0 Å². The fourth-order valence-corrected chi connectivity index (χ4v) is 16.1. The van der Waals surface area contributed by atoms with Crippen molar-refractivity contribution in [2.45, 2.75) is 36.6 Å². The third-order valence-electron chi connectivity index (χ3n) is 10.4. The lowest BCUT2D eigenvalue weighted by molar-refractivity contribution is -0.0391. The minimum Gasteiger partial charge on any atom is -0.491 e. The van der Waals surface area contributed by atoms with Crippen molar-refractivity contribution in [1.29, 1.82) is 0 Å². The van der Waals surface area contributed by atoms with Gasteiger partial charge in [0.25, 0.3) is 0 Å². The highest BCUT2D eigenvalue weighted by atomic mass is 32.2. The zero-order valence-corrected chi connectivity index (χ0v) is 35.0. The maximum absolute atomic E-state index is 6.52. The molecule has 4 atom stereocenters. The lowest BCUT2D eigenvalue weighted by Gasteiger charge is -2.27. The van der Waals surface area contributed by atoms with E-state index in [0.29, 0.717) is 96.5 Å². The topological polar surface area (TPSA) is 111 Å². The predicted molar refractivity (Wildman–Crippen MR) is 217 cm³/mol. The molecule has 0 aromatic carbocycles. The van der Waals surface area contributed by atoms with Crippen LogP contribution in [0.15, 0.2) is 11.5 Å². The zero-order chi connectivity index (χ0) is 37.1. The van der Waals surface area contributed by atoms with Crippen LogP contribution in [0.1, 0.15) is 31.7 Å². The van der Waals surface area contributed by atoms with Gasteiger partial charge in [0.15, 0.2) is 46.0 Å². The summed E-state index contributed by atoms with van der Waals surface area (Å²) in [5.74, 6) is 7.65. The first-order valence-electron chi connectivity index (χ1n) is 18.6. The van der Waals surface area contributed by atoms with Crippen molar-refractivity contribution in [3.05, 3.63) is 31.0 Å². The Morgan fingerprint density at radius 1 is 0.393 bits per heavy atom. The number of ether oxygens (including phenoxy) is 12. The quantitative estimate of drug-likeness (QED) is 0.191. The molecule has 12 rings (SSSR count). The van der Waals surface area contributed by atoms with Gasteiger partial charge in [-0.1, -0.05) is 0 Å². The lowest BCUT2D eigenvalue weighted by Crippen LogP contribution is -2.30. The third kappa shape index (κ3) is 5.28. The molecule has 0 saturated carbocycles. The monoisotopic (exact) mass is 874 g/mol. The maximum atomic E-state index is 6.52. The maximum Gasteiger partial charge on any atom is 0.181 e. The normalized spacial score (nSPS) is 25.8. The Morgan fingerprint density at radius 2 is 0.804 bits per heavy atom. The van der Waals surface area contributed by atoms with Crippen molar-refractivity contribution < 1.29 is 56.8 Å². The first-order chi connectivity index (χ1) is 27.6. The minimum absolute atomic E-state index is 0.0817. The summed E-state index contributed by atoms with van der Waals surface area (Å²) in [5.41, 5.74) is 0. The van der Waals surface area contributed by atoms with E-state index in [9.17, 15) is 0 Å². The minimum atomic E-state index is -0.308. The van der Waals surface area contributed by atoms with Crippen LogP contribution in [0, 0.1) is 6.92 Å². The van der Waals surface area contributed by atoms with Crippen LogP contribution in [0.4, 0.5) is 0 Å². The molecule has 2 fully saturated rings. The van der Waals surface area contributed by atoms with E-state index in [-0.39, 0.29) is 22.7 Å². The molecule has 12 nitrogen and oxygen atoms in total. The number of rotatable bonds is 5. The highest BCUT2D eigenvalue weighted by Gasteiger charge is 2.48. The van der Waals surface area contributed by atoms with Crippen LogP contribution in [0.25, 0.3) is 29.3 Å². The molecule has 56 heavy (non-hydrogen) atoms. The molecule has 18 heteroatoms. The fourth-order valence-electron chi connectivity index (χ4n) is 8.06. The van der Waals surface area contributed by atoms with E-state index in [0.717, 1.165) is 89.1 Å². The van der Waals surface area contributed by atoms with Gasteiger partial charge in [-0.05, 0) is 13.8 Å². The summed E-state index contributed by atoms with van der Waals surface area (Å²) in [7, 11) is 0. The molecular formula is C38H34O12S6. The molecule has 12 heterocycles. The summed E-state index contributed by atoms with van der Waals surface area (Å²) < 4.78 is 76.2. The Kier molecular flexibility index (Phi) is 8.57. The molecule has 0 bridgehead atoms. The van der Waals surface area contributed by atoms with Crippen LogP contribution < -0.4 is 37.9 Å². The van der Waals surface area contributed by atoms with Gasteiger partial charge in [-0.15, -0.1) is 68.9 Å². The molecular weight excluding hydrogens is 841 g/mol. The first kappa shape index (κ1) is 34.9. The highest BCUT2D eigenvalue weighted by molar-refractivity contribution is 8.09. The Labute approximate surface area is 345 Å². The van der Waals surface area contributed by atoms with Crippen molar-refractivity contribution in [1.82, 2.24) is 0 Å². The van der Waals surface area contributed by atoms with Gasteiger partial charge in [-0.25, -0.2) is 0 Å². The van der Waals surface area contributed by atoms with Crippen LogP contribution in [0.3, 0.4) is 0 Å². The SMILES string of the molecule is Cc1sc(C2=C3OCCOC3C(c3sc(-c4sc(-c5sc(C6=C7OCCOC7C(C)S6)c6c5OCCO6)c5c4OCCO5)c4c3OCCO4)S2)c2c1OCCO2. The second-order valence-corrected chi connectivity index (χ2v) is 20.6.